The van der Waals surface area contributed by atoms with E-state index in [0.717, 1.165) is 22.5 Å². The average molecular weight is 364 g/mol. The van der Waals surface area contributed by atoms with E-state index in [2.05, 4.69) is 10.3 Å². The van der Waals surface area contributed by atoms with Crippen molar-refractivity contribution in [2.24, 2.45) is 7.05 Å². The highest BCUT2D eigenvalue weighted by Gasteiger charge is 2.31. The van der Waals surface area contributed by atoms with Gasteiger partial charge in [-0.3, -0.25) is 9.59 Å². The molecule has 4 rings (SSSR count). The molecule has 0 saturated carbocycles. The van der Waals surface area contributed by atoms with Crippen molar-refractivity contribution in [3.63, 3.8) is 0 Å². The number of methoxy groups -OCH3 is 1. The van der Waals surface area contributed by atoms with Crippen LogP contribution >= 0.6 is 0 Å². The summed E-state index contributed by atoms with van der Waals surface area (Å²) in [6.07, 6.45) is 2.00. The van der Waals surface area contributed by atoms with E-state index in [-0.39, 0.29) is 24.3 Å². The summed E-state index contributed by atoms with van der Waals surface area (Å²) in [6, 6.07) is 12.5. The van der Waals surface area contributed by atoms with Crippen LogP contribution in [0.5, 0.6) is 5.75 Å². The van der Waals surface area contributed by atoms with Gasteiger partial charge in [-0.2, -0.15) is 0 Å². The van der Waals surface area contributed by atoms with Gasteiger partial charge in [0.1, 0.15) is 5.75 Å². The Balaban J connectivity index is 1.45. The quantitative estimate of drug-likeness (QED) is 0.769. The summed E-state index contributed by atoms with van der Waals surface area (Å²) in [5.41, 5.74) is 3.07. The number of hydrogen-bond donors (Lipinski definition) is 1. The summed E-state index contributed by atoms with van der Waals surface area (Å²) in [5.74, 6) is 0.530. The van der Waals surface area contributed by atoms with Gasteiger partial charge in [-0.1, -0.05) is 0 Å². The van der Waals surface area contributed by atoms with E-state index in [4.69, 9.17) is 4.74 Å². The highest BCUT2D eigenvalue weighted by molar-refractivity contribution is 6.00. The molecule has 2 amide bonds. The van der Waals surface area contributed by atoms with Gasteiger partial charge < -0.3 is 19.5 Å². The van der Waals surface area contributed by atoms with E-state index in [1.807, 2.05) is 41.9 Å². The molecule has 2 aromatic carbocycles. The van der Waals surface area contributed by atoms with Gasteiger partial charge in [0, 0.05) is 31.3 Å². The van der Waals surface area contributed by atoms with Gasteiger partial charge in [-0.25, -0.2) is 4.98 Å². The zero-order chi connectivity index (χ0) is 19.0. The number of aromatic nitrogens is 2. The van der Waals surface area contributed by atoms with E-state index in [9.17, 15) is 9.59 Å². The minimum absolute atomic E-state index is 0.00866. The van der Waals surface area contributed by atoms with Crippen molar-refractivity contribution in [2.45, 2.75) is 12.5 Å². The molecule has 0 spiro atoms. The molecular weight excluding hydrogens is 344 g/mol. The number of hydrogen-bond acceptors (Lipinski definition) is 4. The number of carbonyl (C=O) groups is 2. The van der Waals surface area contributed by atoms with Gasteiger partial charge in [-0.05, 0) is 42.5 Å². The zero-order valence-corrected chi connectivity index (χ0v) is 15.2. The fraction of sp³-hybridized carbons (Fsp3) is 0.250. The molecule has 1 N–H and O–H groups in total. The van der Waals surface area contributed by atoms with Crippen LogP contribution in [0, 0.1) is 0 Å². The van der Waals surface area contributed by atoms with E-state index >= 15 is 0 Å². The molecule has 3 aromatic rings. The van der Waals surface area contributed by atoms with Gasteiger partial charge in [-0.15, -0.1) is 0 Å². The Morgan fingerprint density at radius 2 is 2.00 bits per heavy atom. The summed E-state index contributed by atoms with van der Waals surface area (Å²) in [4.78, 5) is 30.9. The van der Waals surface area contributed by atoms with Crippen molar-refractivity contribution in [3.05, 3.63) is 54.4 Å². The molecule has 0 aliphatic carbocycles. The predicted molar refractivity (Wildman–Crippen MR) is 102 cm³/mol. The van der Waals surface area contributed by atoms with Crippen molar-refractivity contribution >= 4 is 28.5 Å². The smallest absolute Gasteiger partial charge is 0.251 e. The Hall–Kier alpha value is -3.35. The first-order chi connectivity index (χ1) is 13.0. The maximum absolute atomic E-state index is 12.6. The fourth-order valence-electron chi connectivity index (χ4n) is 3.36. The number of fused-ring (bicyclic) bond motifs is 1. The predicted octanol–water partition coefficient (Wildman–Crippen LogP) is 2.12. The van der Waals surface area contributed by atoms with E-state index in [0.29, 0.717) is 12.1 Å². The maximum atomic E-state index is 12.6. The summed E-state index contributed by atoms with van der Waals surface area (Å²) < 4.78 is 7.05. The largest absolute Gasteiger partial charge is 0.497 e. The van der Waals surface area contributed by atoms with Crippen molar-refractivity contribution in [1.82, 2.24) is 14.9 Å². The Bertz CT molecular complexity index is 1010. The second-order valence-electron chi connectivity index (χ2n) is 6.64. The summed E-state index contributed by atoms with van der Waals surface area (Å²) in [7, 11) is 3.51. The Morgan fingerprint density at radius 1 is 1.22 bits per heavy atom. The van der Waals surface area contributed by atoms with Crippen LogP contribution < -0.4 is 15.0 Å². The number of nitrogens with zero attached hydrogens (tertiary/aromatic N) is 3. The maximum Gasteiger partial charge on any atom is 0.251 e. The minimum Gasteiger partial charge on any atom is -0.497 e. The summed E-state index contributed by atoms with van der Waals surface area (Å²) >= 11 is 0. The lowest BCUT2D eigenvalue weighted by Crippen LogP contribution is -2.37. The zero-order valence-electron chi connectivity index (χ0n) is 15.2. The van der Waals surface area contributed by atoms with E-state index in [1.54, 1.807) is 30.5 Å². The second-order valence-corrected chi connectivity index (χ2v) is 6.64. The number of rotatable bonds is 4. The first-order valence-corrected chi connectivity index (χ1v) is 8.71. The lowest BCUT2D eigenvalue weighted by molar-refractivity contribution is -0.117. The third-order valence-electron chi connectivity index (χ3n) is 4.83. The number of benzene rings is 2. The molecule has 1 aliphatic heterocycles. The number of imidazole rings is 1. The molecule has 0 bridgehead atoms. The standard InChI is InChI=1S/C20H20N4O3/c1-23-12-21-17-9-13(3-8-18(17)23)20(26)22-14-10-19(25)24(11-14)15-4-6-16(27-2)7-5-15/h3-9,12,14H,10-11H2,1-2H3,(H,22,26). The van der Waals surface area contributed by atoms with Crippen LogP contribution in [0.2, 0.25) is 0 Å². The highest BCUT2D eigenvalue weighted by atomic mass is 16.5. The summed E-state index contributed by atoms with van der Waals surface area (Å²) in [6.45, 7) is 0.447. The van der Waals surface area contributed by atoms with Crippen LogP contribution in [-0.4, -0.2) is 41.1 Å². The van der Waals surface area contributed by atoms with E-state index in [1.165, 1.54) is 0 Å². The topological polar surface area (TPSA) is 76.5 Å². The van der Waals surface area contributed by atoms with Gasteiger partial charge in [0.25, 0.3) is 5.91 Å². The molecule has 1 aromatic heterocycles. The van der Waals surface area contributed by atoms with E-state index < -0.39 is 0 Å². The van der Waals surface area contributed by atoms with Gasteiger partial charge in [0.05, 0.1) is 30.5 Å². The lowest BCUT2D eigenvalue weighted by atomic mass is 10.1. The van der Waals surface area contributed by atoms with Crippen molar-refractivity contribution in [3.8, 4) is 5.75 Å². The Morgan fingerprint density at radius 3 is 2.74 bits per heavy atom. The van der Waals surface area contributed by atoms with Crippen molar-refractivity contribution in [1.29, 1.82) is 0 Å². The number of carbonyl (C=O) groups excluding carboxylic acids is 2. The second kappa shape index (κ2) is 6.75. The number of ether oxygens (including phenoxy) is 1. The molecule has 27 heavy (non-hydrogen) atoms. The van der Waals surface area contributed by atoms with Crippen molar-refractivity contribution in [2.75, 3.05) is 18.6 Å². The monoisotopic (exact) mass is 364 g/mol. The number of amides is 2. The van der Waals surface area contributed by atoms with Crippen molar-refractivity contribution < 1.29 is 14.3 Å². The van der Waals surface area contributed by atoms with Gasteiger partial charge in [0.15, 0.2) is 0 Å². The normalized spacial score (nSPS) is 16.7. The van der Waals surface area contributed by atoms with Crippen LogP contribution in [-0.2, 0) is 11.8 Å². The van der Waals surface area contributed by atoms with Crippen LogP contribution in [0.15, 0.2) is 48.8 Å². The molecule has 1 unspecified atom stereocenters. The van der Waals surface area contributed by atoms with Crippen LogP contribution in [0.4, 0.5) is 5.69 Å². The molecule has 7 nitrogen and oxygen atoms in total. The van der Waals surface area contributed by atoms with Crippen LogP contribution in [0.1, 0.15) is 16.8 Å². The molecule has 1 atom stereocenters. The molecule has 138 valence electrons. The first kappa shape index (κ1) is 17.1. The molecule has 7 heteroatoms. The van der Waals surface area contributed by atoms with Gasteiger partial charge in [0.2, 0.25) is 5.91 Å². The Kier molecular flexibility index (Phi) is 4.27. The lowest BCUT2D eigenvalue weighted by Gasteiger charge is -2.17. The average Bonchev–Trinajstić information content (AvgIpc) is 3.24. The number of anilines is 1. The minimum atomic E-state index is -0.230. The molecule has 2 heterocycles. The Labute approximate surface area is 156 Å². The highest BCUT2D eigenvalue weighted by Crippen LogP contribution is 2.24. The molecule has 1 saturated heterocycles. The fourth-order valence-corrected chi connectivity index (χ4v) is 3.36. The third kappa shape index (κ3) is 3.23. The SMILES string of the molecule is COc1ccc(N2CC(NC(=O)c3ccc4c(c3)ncn4C)CC2=O)cc1. The van der Waals surface area contributed by atoms with Crippen LogP contribution in [0.3, 0.4) is 0 Å². The molecular formula is C20H20N4O3. The number of aryl methyl sites for hydroxylation is 1. The molecule has 1 aliphatic rings. The number of nitrogens with one attached hydrogen (secondary N) is 1. The molecule has 1 fully saturated rings. The van der Waals surface area contributed by atoms with Crippen LogP contribution in [0.25, 0.3) is 11.0 Å². The van der Waals surface area contributed by atoms with Gasteiger partial charge >= 0.3 is 0 Å². The first-order valence-electron chi connectivity index (χ1n) is 8.71. The third-order valence-corrected chi connectivity index (χ3v) is 4.83. The molecule has 0 radical (unpaired) electrons. The summed E-state index contributed by atoms with van der Waals surface area (Å²) in [5, 5.41) is 2.96.